The molecule has 1 fully saturated rings. The number of methoxy groups -OCH3 is 1. The Labute approximate surface area is 197 Å². The van der Waals surface area contributed by atoms with Crippen molar-refractivity contribution in [3.05, 3.63) is 63.9 Å². The number of nitrogens with zero attached hydrogens (tertiary/aromatic N) is 3. The molecule has 1 N–H and O–H groups in total. The van der Waals surface area contributed by atoms with E-state index in [0.717, 1.165) is 12.8 Å². The van der Waals surface area contributed by atoms with Crippen molar-refractivity contribution in [3.63, 3.8) is 0 Å². The number of esters is 2. The Balaban J connectivity index is 1.66. The molecule has 1 saturated heterocycles. The van der Waals surface area contributed by atoms with Crippen LogP contribution < -0.4 is 5.56 Å². The van der Waals surface area contributed by atoms with Gasteiger partial charge in [0, 0.05) is 6.61 Å². The highest BCUT2D eigenvalue weighted by Gasteiger charge is 2.27. The second-order valence-electron chi connectivity index (χ2n) is 8.35. The van der Waals surface area contributed by atoms with Gasteiger partial charge in [-0.2, -0.15) is 0 Å². The average molecular weight is 472 g/mol. The van der Waals surface area contributed by atoms with Gasteiger partial charge in [0.15, 0.2) is 5.65 Å². The fourth-order valence-corrected chi connectivity index (χ4v) is 4.54. The lowest BCUT2D eigenvalue weighted by molar-refractivity contribution is 0.0164. The molecule has 6 rings (SSSR count). The number of aromatic nitrogens is 4. The third-order valence-corrected chi connectivity index (χ3v) is 6.23. The minimum Gasteiger partial charge on any atom is -0.465 e. The van der Waals surface area contributed by atoms with Crippen LogP contribution in [0, 0.1) is 0 Å². The first-order valence-electron chi connectivity index (χ1n) is 11.2. The predicted octanol–water partition coefficient (Wildman–Crippen LogP) is 3.00. The highest BCUT2D eigenvalue weighted by molar-refractivity contribution is 6.11. The van der Waals surface area contributed by atoms with E-state index in [4.69, 9.17) is 24.2 Å². The second kappa shape index (κ2) is 8.17. The molecule has 0 amide bonds. The Morgan fingerprint density at radius 3 is 2.69 bits per heavy atom. The number of carbonyl (C=O) groups excluding carboxylic acids is 2. The quantitative estimate of drug-likeness (QED) is 0.396. The van der Waals surface area contributed by atoms with Gasteiger partial charge >= 0.3 is 11.9 Å². The Bertz CT molecular complexity index is 1710. The zero-order valence-electron chi connectivity index (χ0n) is 18.7. The van der Waals surface area contributed by atoms with E-state index in [1.54, 1.807) is 16.5 Å². The van der Waals surface area contributed by atoms with Gasteiger partial charge in [-0.3, -0.25) is 9.20 Å². The fraction of sp³-hybridized carbons (Fsp3) is 0.240. The Hall–Kier alpha value is -4.31. The van der Waals surface area contributed by atoms with E-state index in [-0.39, 0.29) is 35.0 Å². The summed E-state index contributed by atoms with van der Waals surface area (Å²) < 4.78 is 17.6. The minimum absolute atomic E-state index is 0.0960. The molecule has 1 atom stereocenters. The molecule has 3 aromatic heterocycles. The van der Waals surface area contributed by atoms with Gasteiger partial charge in [0.25, 0.3) is 5.56 Å². The molecule has 1 aliphatic heterocycles. The lowest BCUT2D eigenvalue weighted by Crippen LogP contribution is -2.19. The standard InChI is InChI=1S/C25H20N4O6/c1-33-24(31)13-8-9-15-18(11-13)29-21(28-23(15)30)19(25(32)35-12-14-5-4-10-34-14)20-22(29)27-17-7-3-2-6-16(17)26-20/h2-3,6-9,11,14H,4-5,10,12H2,1H3,(H,28,30). The number of aromatic amines is 1. The maximum atomic E-state index is 13.3. The zero-order chi connectivity index (χ0) is 24.1. The van der Waals surface area contributed by atoms with E-state index in [1.807, 2.05) is 18.2 Å². The SMILES string of the molecule is COC(=O)c1ccc2c(=O)[nH]c3c(C(=O)OCC4CCCO4)c4nc5ccccc5nc4n3c2c1. The van der Waals surface area contributed by atoms with Crippen molar-refractivity contribution in [2.24, 2.45) is 0 Å². The zero-order valence-corrected chi connectivity index (χ0v) is 18.7. The molecule has 35 heavy (non-hydrogen) atoms. The van der Waals surface area contributed by atoms with Crippen LogP contribution in [0.3, 0.4) is 0 Å². The predicted molar refractivity (Wildman–Crippen MR) is 127 cm³/mol. The second-order valence-corrected chi connectivity index (χ2v) is 8.35. The van der Waals surface area contributed by atoms with Gasteiger partial charge in [-0.15, -0.1) is 0 Å². The third-order valence-electron chi connectivity index (χ3n) is 6.23. The topological polar surface area (TPSA) is 125 Å². The van der Waals surface area contributed by atoms with Crippen LogP contribution in [-0.2, 0) is 14.2 Å². The number of carbonyl (C=O) groups is 2. The van der Waals surface area contributed by atoms with Crippen molar-refractivity contribution < 1.29 is 23.8 Å². The highest BCUT2D eigenvalue weighted by Crippen LogP contribution is 2.29. The van der Waals surface area contributed by atoms with Crippen molar-refractivity contribution in [1.82, 2.24) is 19.4 Å². The van der Waals surface area contributed by atoms with Gasteiger partial charge in [-0.25, -0.2) is 19.6 Å². The first kappa shape index (κ1) is 21.2. The molecule has 176 valence electrons. The molecule has 10 nitrogen and oxygen atoms in total. The average Bonchev–Trinajstić information content (AvgIpc) is 3.51. The van der Waals surface area contributed by atoms with Crippen molar-refractivity contribution in [2.75, 3.05) is 20.3 Å². The van der Waals surface area contributed by atoms with Crippen LogP contribution in [0.5, 0.6) is 0 Å². The Kier molecular flexibility index (Phi) is 4.96. The molecule has 2 aromatic carbocycles. The normalized spacial score (nSPS) is 15.9. The molecule has 0 spiro atoms. The first-order valence-corrected chi connectivity index (χ1v) is 11.2. The van der Waals surface area contributed by atoms with E-state index in [2.05, 4.69) is 4.98 Å². The number of benzene rings is 2. The van der Waals surface area contributed by atoms with Crippen molar-refractivity contribution in [3.8, 4) is 0 Å². The van der Waals surface area contributed by atoms with Gasteiger partial charge in [-0.1, -0.05) is 12.1 Å². The van der Waals surface area contributed by atoms with Crippen LogP contribution in [0.1, 0.15) is 33.6 Å². The molecule has 4 heterocycles. The summed E-state index contributed by atoms with van der Waals surface area (Å²) in [4.78, 5) is 50.8. The number of H-pyrrole nitrogens is 1. The van der Waals surface area contributed by atoms with Gasteiger partial charge in [0.1, 0.15) is 23.3 Å². The van der Waals surface area contributed by atoms with Crippen LogP contribution in [0.15, 0.2) is 47.3 Å². The van der Waals surface area contributed by atoms with E-state index in [0.29, 0.717) is 34.2 Å². The van der Waals surface area contributed by atoms with Crippen molar-refractivity contribution in [2.45, 2.75) is 18.9 Å². The number of hydrogen-bond donors (Lipinski definition) is 1. The summed E-state index contributed by atoms with van der Waals surface area (Å²) in [6.07, 6.45) is 1.57. The summed E-state index contributed by atoms with van der Waals surface area (Å²) >= 11 is 0. The number of ether oxygens (including phenoxy) is 3. The number of rotatable bonds is 4. The third kappa shape index (κ3) is 3.41. The smallest absolute Gasteiger partial charge is 0.344 e. The number of hydrogen-bond acceptors (Lipinski definition) is 8. The lowest BCUT2D eigenvalue weighted by atomic mass is 10.1. The molecule has 1 unspecified atom stereocenters. The lowest BCUT2D eigenvalue weighted by Gasteiger charge is -2.10. The van der Waals surface area contributed by atoms with Gasteiger partial charge in [0.05, 0.1) is 40.7 Å². The molecular formula is C25H20N4O6. The fourth-order valence-electron chi connectivity index (χ4n) is 4.54. The monoisotopic (exact) mass is 472 g/mol. The molecular weight excluding hydrogens is 452 g/mol. The first-order chi connectivity index (χ1) is 17.0. The molecule has 0 aliphatic carbocycles. The number of nitrogens with one attached hydrogen (secondary N) is 1. The van der Waals surface area contributed by atoms with Crippen LogP contribution >= 0.6 is 0 Å². The maximum Gasteiger partial charge on any atom is 0.344 e. The van der Waals surface area contributed by atoms with Crippen LogP contribution in [0.2, 0.25) is 0 Å². The van der Waals surface area contributed by atoms with Crippen molar-refractivity contribution >= 4 is 50.7 Å². The van der Waals surface area contributed by atoms with Crippen molar-refractivity contribution in [1.29, 1.82) is 0 Å². The van der Waals surface area contributed by atoms with Gasteiger partial charge in [-0.05, 0) is 43.2 Å². The van der Waals surface area contributed by atoms with Crippen LogP contribution in [0.25, 0.3) is 38.7 Å². The molecule has 0 saturated carbocycles. The molecule has 0 radical (unpaired) electrons. The number of fused-ring (bicyclic) bond motifs is 6. The van der Waals surface area contributed by atoms with E-state index in [1.165, 1.54) is 19.2 Å². The largest absolute Gasteiger partial charge is 0.465 e. The molecule has 1 aliphatic rings. The van der Waals surface area contributed by atoms with E-state index in [9.17, 15) is 14.4 Å². The van der Waals surface area contributed by atoms with Crippen LogP contribution in [0.4, 0.5) is 0 Å². The summed E-state index contributed by atoms with van der Waals surface area (Å²) in [6, 6.07) is 11.9. The summed E-state index contributed by atoms with van der Waals surface area (Å²) in [5, 5.41) is 0.316. The Morgan fingerprint density at radius 2 is 1.94 bits per heavy atom. The van der Waals surface area contributed by atoms with E-state index < -0.39 is 17.5 Å². The number of para-hydroxylation sites is 2. The summed E-state index contributed by atoms with van der Waals surface area (Å²) in [6.45, 7) is 0.739. The molecule has 10 heteroatoms. The molecule has 0 bridgehead atoms. The highest BCUT2D eigenvalue weighted by atomic mass is 16.6. The van der Waals surface area contributed by atoms with Gasteiger partial charge in [0.2, 0.25) is 0 Å². The van der Waals surface area contributed by atoms with Crippen LogP contribution in [-0.4, -0.2) is 57.7 Å². The van der Waals surface area contributed by atoms with E-state index >= 15 is 0 Å². The maximum absolute atomic E-state index is 13.3. The summed E-state index contributed by atoms with van der Waals surface area (Å²) in [5.41, 5.74) is 2.34. The van der Waals surface area contributed by atoms with Gasteiger partial charge < -0.3 is 19.2 Å². The molecule has 5 aromatic rings. The minimum atomic E-state index is -0.642. The summed E-state index contributed by atoms with van der Waals surface area (Å²) in [5.74, 6) is -1.19. The Morgan fingerprint density at radius 1 is 1.14 bits per heavy atom. The summed E-state index contributed by atoms with van der Waals surface area (Å²) in [7, 11) is 1.28.